The first-order valence-corrected chi connectivity index (χ1v) is 10.0. The molecule has 170 valence electrons. The number of hydrogen-bond donors (Lipinski definition) is 2. The summed E-state index contributed by atoms with van der Waals surface area (Å²) in [7, 11) is 0. The summed E-state index contributed by atoms with van der Waals surface area (Å²) < 4.78 is 54.7. The number of aromatic nitrogens is 2. The minimum absolute atomic E-state index is 0.0259. The maximum absolute atomic E-state index is 13.4. The summed E-state index contributed by atoms with van der Waals surface area (Å²) in [5, 5.41) is 13.6. The van der Waals surface area contributed by atoms with Gasteiger partial charge in [0.1, 0.15) is 11.6 Å². The number of carbonyl (C=O) groups is 1. The molecule has 12 heteroatoms. The Labute approximate surface area is 181 Å². The topological polar surface area (TPSA) is 98.5 Å². The molecule has 0 bridgehead atoms. The number of nitrogens with one attached hydrogen (secondary N) is 2. The molecule has 8 nitrogen and oxygen atoms in total. The minimum Gasteiger partial charge on any atom is -0.484 e. The lowest BCUT2D eigenvalue weighted by Crippen LogP contribution is -2.48. The second-order valence-electron chi connectivity index (χ2n) is 7.24. The van der Waals surface area contributed by atoms with Gasteiger partial charge in [-0.25, -0.2) is 13.2 Å². The quantitative estimate of drug-likeness (QED) is 0.590. The number of nitrogens with zero attached hydrogens (tertiary/aromatic N) is 2. The van der Waals surface area contributed by atoms with Gasteiger partial charge in [0.05, 0.1) is 17.7 Å². The lowest BCUT2D eigenvalue weighted by atomic mass is 10.0. The van der Waals surface area contributed by atoms with Crippen molar-refractivity contribution in [3.05, 3.63) is 34.9 Å². The predicted octanol–water partition coefficient (Wildman–Crippen LogP) is 3.27. The average Bonchev–Trinajstić information content (AvgIpc) is 3.17. The van der Waals surface area contributed by atoms with Gasteiger partial charge in [0.25, 0.3) is 5.91 Å². The van der Waals surface area contributed by atoms with E-state index < -0.39 is 18.2 Å². The first kappa shape index (κ1) is 23.1. The normalized spacial score (nSPS) is 19.1. The molecule has 1 fully saturated rings. The van der Waals surface area contributed by atoms with Crippen LogP contribution in [0.3, 0.4) is 0 Å². The Balaban J connectivity index is 1.38. The number of carbonyl (C=O) groups excluding carboxylic acids is 1. The Kier molecular flexibility index (Phi) is 7.60. The second-order valence-corrected chi connectivity index (χ2v) is 7.65. The Morgan fingerprint density at radius 1 is 1.35 bits per heavy atom. The molecule has 2 N–H and O–H groups in total. The van der Waals surface area contributed by atoms with Gasteiger partial charge in [-0.05, 0) is 31.9 Å². The van der Waals surface area contributed by atoms with E-state index in [0.717, 1.165) is 13.0 Å². The first-order valence-electron chi connectivity index (χ1n) is 9.64. The number of rotatable bonds is 9. The van der Waals surface area contributed by atoms with Crippen molar-refractivity contribution >= 4 is 17.5 Å². The van der Waals surface area contributed by atoms with Crippen LogP contribution in [-0.4, -0.2) is 47.8 Å². The average molecular weight is 463 g/mol. The molecular weight excluding hydrogens is 441 g/mol. The van der Waals surface area contributed by atoms with E-state index in [4.69, 9.17) is 25.5 Å². The van der Waals surface area contributed by atoms with E-state index in [1.54, 1.807) is 0 Å². The fourth-order valence-corrected chi connectivity index (χ4v) is 3.03. The Morgan fingerprint density at radius 3 is 2.84 bits per heavy atom. The highest BCUT2D eigenvalue weighted by Crippen LogP contribution is 2.25. The lowest BCUT2D eigenvalue weighted by Gasteiger charge is -2.28. The van der Waals surface area contributed by atoms with Gasteiger partial charge in [0, 0.05) is 25.1 Å². The van der Waals surface area contributed by atoms with E-state index in [1.807, 2.05) is 0 Å². The number of halogens is 4. The molecule has 1 aliphatic rings. The van der Waals surface area contributed by atoms with E-state index in [-0.39, 0.29) is 53.9 Å². The highest BCUT2D eigenvalue weighted by molar-refractivity contribution is 6.30. The van der Waals surface area contributed by atoms with Crippen molar-refractivity contribution in [2.24, 2.45) is 0 Å². The molecule has 2 aromatic rings. The standard InChI is InChI=1S/C19H22ClF3N4O4/c1-19(22,23)6-7-29-18-27-26-17(31-18)15-5-2-11(9-24-15)25-16(28)10-30-12-3-4-13(20)14(21)8-12/h3-4,8,11,15,24H,2,5-7,9-10H2,1H3,(H,25,28)/t11-,15+/m0/s1. The zero-order valence-electron chi connectivity index (χ0n) is 16.7. The monoisotopic (exact) mass is 462 g/mol. The fraction of sp³-hybridized carbons (Fsp3) is 0.526. The maximum Gasteiger partial charge on any atom is 0.414 e. The Bertz CT molecular complexity index is 885. The molecule has 1 aromatic carbocycles. The Morgan fingerprint density at radius 2 is 2.16 bits per heavy atom. The summed E-state index contributed by atoms with van der Waals surface area (Å²) >= 11 is 5.60. The maximum atomic E-state index is 13.4. The van der Waals surface area contributed by atoms with Crippen molar-refractivity contribution in [1.82, 2.24) is 20.8 Å². The van der Waals surface area contributed by atoms with Crippen LogP contribution in [-0.2, 0) is 4.79 Å². The SMILES string of the molecule is CC(F)(F)CCOc1nnc([C@H]2CC[C@H](NC(=O)COc3ccc(Cl)c(F)c3)CN2)o1. The molecule has 0 radical (unpaired) electrons. The van der Waals surface area contributed by atoms with E-state index in [2.05, 4.69) is 20.8 Å². The number of amides is 1. The molecule has 3 rings (SSSR count). The van der Waals surface area contributed by atoms with Gasteiger partial charge in [-0.15, -0.1) is 5.10 Å². The summed E-state index contributed by atoms with van der Waals surface area (Å²) in [4.78, 5) is 12.1. The fourth-order valence-electron chi connectivity index (χ4n) is 2.91. The van der Waals surface area contributed by atoms with Gasteiger partial charge in [-0.2, -0.15) is 0 Å². The third kappa shape index (κ3) is 7.28. The van der Waals surface area contributed by atoms with Crippen LogP contribution in [0.2, 0.25) is 5.02 Å². The molecule has 0 spiro atoms. The highest BCUT2D eigenvalue weighted by Gasteiger charge is 2.27. The largest absolute Gasteiger partial charge is 0.484 e. The van der Waals surface area contributed by atoms with Crippen LogP contribution in [0.5, 0.6) is 11.8 Å². The molecule has 31 heavy (non-hydrogen) atoms. The highest BCUT2D eigenvalue weighted by atomic mass is 35.5. The van der Waals surface area contributed by atoms with Crippen molar-refractivity contribution in [3.8, 4) is 11.8 Å². The molecule has 2 heterocycles. The zero-order valence-corrected chi connectivity index (χ0v) is 17.4. The van der Waals surface area contributed by atoms with E-state index in [1.165, 1.54) is 12.1 Å². The van der Waals surface area contributed by atoms with Crippen LogP contribution in [0, 0.1) is 5.82 Å². The van der Waals surface area contributed by atoms with Crippen molar-refractivity contribution in [2.75, 3.05) is 19.8 Å². The second kappa shape index (κ2) is 10.2. The van der Waals surface area contributed by atoms with Gasteiger partial charge in [0.2, 0.25) is 11.8 Å². The van der Waals surface area contributed by atoms with Gasteiger partial charge in [0.15, 0.2) is 6.61 Å². The molecule has 0 saturated carbocycles. The van der Waals surface area contributed by atoms with Gasteiger partial charge in [-0.3, -0.25) is 4.79 Å². The van der Waals surface area contributed by atoms with Crippen molar-refractivity contribution in [1.29, 1.82) is 0 Å². The van der Waals surface area contributed by atoms with Crippen LogP contribution >= 0.6 is 11.6 Å². The Hall–Kier alpha value is -2.53. The number of alkyl halides is 2. The smallest absolute Gasteiger partial charge is 0.414 e. The van der Waals surface area contributed by atoms with E-state index in [0.29, 0.717) is 19.4 Å². The third-order valence-corrected chi connectivity index (χ3v) is 4.83. The van der Waals surface area contributed by atoms with Gasteiger partial charge < -0.3 is 24.5 Å². The van der Waals surface area contributed by atoms with Crippen LogP contribution in [0.1, 0.15) is 38.1 Å². The summed E-state index contributed by atoms with van der Waals surface area (Å²) in [6, 6.07) is 3.56. The molecule has 0 aliphatic carbocycles. The van der Waals surface area contributed by atoms with Crippen molar-refractivity contribution < 1.29 is 31.9 Å². The first-order chi connectivity index (χ1) is 14.7. The molecule has 1 saturated heterocycles. The number of piperidine rings is 1. The van der Waals surface area contributed by atoms with Crippen LogP contribution in [0.15, 0.2) is 22.6 Å². The summed E-state index contributed by atoms with van der Waals surface area (Å²) in [5.41, 5.74) is 0. The summed E-state index contributed by atoms with van der Waals surface area (Å²) in [6.07, 6.45) is 0.625. The van der Waals surface area contributed by atoms with Crippen LogP contribution < -0.4 is 20.1 Å². The predicted molar refractivity (Wildman–Crippen MR) is 104 cm³/mol. The van der Waals surface area contributed by atoms with E-state index >= 15 is 0 Å². The van der Waals surface area contributed by atoms with Gasteiger partial charge >= 0.3 is 6.08 Å². The molecular formula is C19H22ClF3N4O4. The molecule has 1 aliphatic heterocycles. The molecule has 0 unspecified atom stereocenters. The number of ether oxygens (including phenoxy) is 2. The summed E-state index contributed by atoms with van der Waals surface area (Å²) in [6.45, 7) is 0.761. The van der Waals surface area contributed by atoms with Crippen molar-refractivity contribution in [2.45, 2.75) is 44.2 Å². The molecule has 1 amide bonds. The van der Waals surface area contributed by atoms with E-state index in [9.17, 15) is 18.0 Å². The minimum atomic E-state index is -2.83. The molecule has 1 aromatic heterocycles. The third-order valence-electron chi connectivity index (χ3n) is 4.53. The summed E-state index contributed by atoms with van der Waals surface area (Å²) in [5.74, 6) is -3.31. The van der Waals surface area contributed by atoms with Gasteiger partial charge in [-0.1, -0.05) is 16.7 Å². The van der Waals surface area contributed by atoms with Crippen LogP contribution in [0.4, 0.5) is 13.2 Å². The zero-order chi connectivity index (χ0) is 22.4. The number of benzene rings is 1. The molecule has 2 atom stereocenters. The van der Waals surface area contributed by atoms with Crippen LogP contribution in [0.25, 0.3) is 0 Å². The van der Waals surface area contributed by atoms with Crippen molar-refractivity contribution in [3.63, 3.8) is 0 Å². The lowest BCUT2D eigenvalue weighted by molar-refractivity contribution is -0.124. The number of hydrogen-bond acceptors (Lipinski definition) is 7.